The quantitative estimate of drug-likeness (QED) is 0.781. The van der Waals surface area contributed by atoms with E-state index in [-0.39, 0.29) is 17.0 Å². The Morgan fingerprint density at radius 1 is 1.40 bits per heavy atom. The van der Waals surface area contributed by atoms with E-state index in [9.17, 15) is 8.78 Å². The van der Waals surface area contributed by atoms with Gasteiger partial charge in [-0.15, -0.1) is 0 Å². The van der Waals surface area contributed by atoms with Gasteiger partial charge < -0.3 is 5.32 Å². The lowest BCUT2D eigenvalue weighted by Crippen LogP contribution is -2.40. The van der Waals surface area contributed by atoms with E-state index in [2.05, 4.69) is 35.1 Å². The Kier molecular flexibility index (Phi) is 4.85. The molecule has 0 heterocycles. The van der Waals surface area contributed by atoms with Crippen molar-refractivity contribution in [3.8, 4) is 0 Å². The molecule has 2 atom stereocenters. The zero-order chi connectivity index (χ0) is 14.9. The van der Waals surface area contributed by atoms with E-state index in [0.29, 0.717) is 16.8 Å². The van der Waals surface area contributed by atoms with Crippen LogP contribution in [0.5, 0.6) is 0 Å². The fraction of sp³-hybridized carbons (Fsp3) is 0.625. The van der Waals surface area contributed by atoms with Crippen LogP contribution < -0.4 is 5.32 Å². The molecule has 1 aromatic rings. The summed E-state index contributed by atoms with van der Waals surface area (Å²) in [6.45, 7) is 4.51. The van der Waals surface area contributed by atoms with Gasteiger partial charge in [0.15, 0.2) is 0 Å². The molecule has 1 aliphatic carbocycles. The summed E-state index contributed by atoms with van der Waals surface area (Å²) in [5.74, 6) is -0.479. The molecule has 4 heteroatoms. The Morgan fingerprint density at radius 3 is 2.65 bits per heavy atom. The molecule has 0 saturated heterocycles. The fourth-order valence-electron chi connectivity index (χ4n) is 3.52. The Morgan fingerprint density at radius 2 is 2.10 bits per heavy atom. The maximum atomic E-state index is 14.1. The highest BCUT2D eigenvalue weighted by molar-refractivity contribution is 9.10. The third kappa shape index (κ3) is 3.06. The molecule has 1 fully saturated rings. The summed E-state index contributed by atoms with van der Waals surface area (Å²) in [5.41, 5.74) is 0.411. The first-order valence-electron chi connectivity index (χ1n) is 7.16. The standard InChI is InChI=1S/C16H22BrF2N/c1-16(2)8-4-5-11(16)14(20-3)9-10-13(18)7-6-12(17)15(10)19/h6-7,11,14,20H,4-5,8-9H2,1-3H3. The zero-order valence-electron chi connectivity index (χ0n) is 12.3. The Bertz CT molecular complexity index is 488. The molecule has 0 aromatic heterocycles. The van der Waals surface area contributed by atoms with Crippen LogP contribution in [-0.4, -0.2) is 13.1 Å². The molecule has 0 bridgehead atoms. The maximum absolute atomic E-state index is 14.1. The molecule has 1 saturated carbocycles. The summed E-state index contributed by atoms with van der Waals surface area (Å²) >= 11 is 3.14. The molecule has 0 aliphatic heterocycles. The lowest BCUT2D eigenvalue weighted by molar-refractivity contribution is 0.200. The normalized spacial score (nSPS) is 23.0. The minimum atomic E-state index is -0.471. The van der Waals surface area contributed by atoms with Crippen LogP contribution in [0.15, 0.2) is 16.6 Å². The molecule has 1 aliphatic rings. The summed E-state index contributed by atoms with van der Waals surface area (Å²) in [5, 5.41) is 3.27. The highest BCUT2D eigenvalue weighted by Gasteiger charge is 2.39. The van der Waals surface area contributed by atoms with Crippen molar-refractivity contribution in [2.75, 3.05) is 7.05 Å². The van der Waals surface area contributed by atoms with Crippen molar-refractivity contribution in [2.24, 2.45) is 11.3 Å². The van der Waals surface area contributed by atoms with E-state index in [1.807, 2.05) is 7.05 Å². The third-order valence-corrected chi connectivity index (χ3v) is 5.37. The van der Waals surface area contributed by atoms with Gasteiger partial charge in [-0.1, -0.05) is 20.3 Å². The average molecular weight is 346 g/mol. The highest BCUT2D eigenvalue weighted by atomic mass is 79.9. The van der Waals surface area contributed by atoms with Gasteiger partial charge in [0, 0.05) is 11.6 Å². The van der Waals surface area contributed by atoms with Crippen LogP contribution >= 0.6 is 15.9 Å². The van der Waals surface area contributed by atoms with Gasteiger partial charge in [0.05, 0.1) is 4.47 Å². The van der Waals surface area contributed by atoms with Crippen molar-refractivity contribution in [2.45, 2.75) is 45.6 Å². The van der Waals surface area contributed by atoms with E-state index in [1.54, 1.807) is 0 Å². The van der Waals surface area contributed by atoms with Gasteiger partial charge in [0.25, 0.3) is 0 Å². The van der Waals surface area contributed by atoms with Crippen molar-refractivity contribution in [3.63, 3.8) is 0 Å². The summed E-state index contributed by atoms with van der Waals surface area (Å²) in [4.78, 5) is 0. The molecule has 0 radical (unpaired) electrons. The van der Waals surface area contributed by atoms with Gasteiger partial charge in [-0.05, 0) is 65.7 Å². The molecule has 20 heavy (non-hydrogen) atoms. The van der Waals surface area contributed by atoms with Gasteiger partial charge in [-0.25, -0.2) is 8.78 Å². The first-order chi connectivity index (χ1) is 9.36. The summed E-state index contributed by atoms with van der Waals surface area (Å²) in [6, 6.07) is 2.85. The molecule has 0 amide bonds. The maximum Gasteiger partial charge on any atom is 0.143 e. The summed E-state index contributed by atoms with van der Waals surface area (Å²) < 4.78 is 28.4. The van der Waals surface area contributed by atoms with Crippen LogP contribution in [0.25, 0.3) is 0 Å². The fourth-order valence-corrected chi connectivity index (χ4v) is 3.89. The smallest absolute Gasteiger partial charge is 0.143 e. The van der Waals surface area contributed by atoms with E-state index >= 15 is 0 Å². The van der Waals surface area contributed by atoms with Crippen LogP contribution in [0.3, 0.4) is 0 Å². The minimum absolute atomic E-state index is 0.103. The van der Waals surface area contributed by atoms with E-state index in [0.717, 1.165) is 6.42 Å². The summed E-state index contributed by atoms with van der Waals surface area (Å²) in [7, 11) is 1.88. The highest BCUT2D eigenvalue weighted by Crippen LogP contribution is 2.45. The molecule has 2 rings (SSSR count). The van der Waals surface area contributed by atoms with E-state index < -0.39 is 11.6 Å². The predicted octanol–water partition coefficient (Wildman–Crippen LogP) is 4.68. The lowest BCUT2D eigenvalue weighted by atomic mass is 9.76. The number of nitrogens with one attached hydrogen (secondary N) is 1. The third-order valence-electron chi connectivity index (χ3n) is 4.76. The van der Waals surface area contributed by atoms with E-state index in [4.69, 9.17) is 0 Å². The number of hydrogen-bond acceptors (Lipinski definition) is 1. The van der Waals surface area contributed by atoms with Crippen molar-refractivity contribution in [3.05, 3.63) is 33.8 Å². The largest absolute Gasteiger partial charge is 0.316 e. The number of hydrogen-bond donors (Lipinski definition) is 1. The lowest BCUT2D eigenvalue weighted by Gasteiger charge is -2.34. The predicted molar refractivity (Wildman–Crippen MR) is 81.7 cm³/mol. The number of benzene rings is 1. The number of rotatable bonds is 4. The van der Waals surface area contributed by atoms with Gasteiger partial charge in [-0.3, -0.25) is 0 Å². The van der Waals surface area contributed by atoms with Crippen LogP contribution in [0.2, 0.25) is 0 Å². The van der Waals surface area contributed by atoms with Crippen molar-refractivity contribution < 1.29 is 8.78 Å². The number of likely N-dealkylation sites (N-methyl/N-ethyl adjacent to an activating group) is 1. The molecular weight excluding hydrogens is 324 g/mol. The minimum Gasteiger partial charge on any atom is -0.316 e. The van der Waals surface area contributed by atoms with Crippen LogP contribution in [0.4, 0.5) is 8.78 Å². The van der Waals surface area contributed by atoms with Gasteiger partial charge in [-0.2, -0.15) is 0 Å². The zero-order valence-corrected chi connectivity index (χ0v) is 13.9. The topological polar surface area (TPSA) is 12.0 Å². The second-order valence-electron chi connectivity index (χ2n) is 6.41. The van der Waals surface area contributed by atoms with Crippen LogP contribution in [0.1, 0.15) is 38.7 Å². The second-order valence-corrected chi connectivity index (χ2v) is 7.26. The first-order valence-corrected chi connectivity index (χ1v) is 7.95. The molecule has 1 N–H and O–H groups in total. The van der Waals surface area contributed by atoms with Gasteiger partial charge in [0.2, 0.25) is 0 Å². The van der Waals surface area contributed by atoms with Crippen molar-refractivity contribution >= 4 is 15.9 Å². The second kappa shape index (κ2) is 6.10. The van der Waals surface area contributed by atoms with Crippen LogP contribution in [-0.2, 0) is 6.42 Å². The molecule has 1 aromatic carbocycles. The Hall–Kier alpha value is -0.480. The van der Waals surface area contributed by atoms with Crippen molar-refractivity contribution in [1.29, 1.82) is 0 Å². The Balaban J connectivity index is 2.25. The van der Waals surface area contributed by atoms with Crippen molar-refractivity contribution in [1.82, 2.24) is 5.32 Å². The number of halogens is 3. The molecule has 0 spiro atoms. The van der Waals surface area contributed by atoms with Crippen LogP contribution in [0, 0.1) is 23.0 Å². The van der Waals surface area contributed by atoms with E-state index in [1.165, 1.54) is 25.0 Å². The molecule has 1 nitrogen and oxygen atoms in total. The van der Waals surface area contributed by atoms with Gasteiger partial charge in [0.1, 0.15) is 11.6 Å². The Labute approximate surface area is 128 Å². The monoisotopic (exact) mass is 345 g/mol. The first kappa shape index (κ1) is 15.9. The summed E-state index contributed by atoms with van der Waals surface area (Å²) in [6.07, 6.45) is 3.88. The van der Waals surface area contributed by atoms with Gasteiger partial charge >= 0.3 is 0 Å². The SMILES string of the molecule is CNC(Cc1c(F)ccc(Br)c1F)C1CCCC1(C)C. The molecule has 112 valence electrons. The molecule has 2 unspecified atom stereocenters. The average Bonchev–Trinajstić information content (AvgIpc) is 2.74. The molecular formula is C16H22BrF2N.